The molecule has 1 heterocycles. The standard InChI is InChI=1S/C11H15F2N3O3/c1-8(19-10-3-14-4-10)2-9(15-6-17)5-16(7-18)11(12)13/h2,5-7,10-11,14H,3-4H2,1H3,(H,15,17)/b8-2+,9-5+. The molecule has 6 nitrogen and oxygen atoms in total. The van der Waals surface area contributed by atoms with Crippen molar-refractivity contribution in [1.29, 1.82) is 0 Å². The van der Waals surface area contributed by atoms with Crippen LogP contribution in [0, 0.1) is 0 Å². The lowest BCUT2D eigenvalue weighted by Gasteiger charge is -2.28. The molecule has 1 aliphatic heterocycles. The van der Waals surface area contributed by atoms with Gasteiger partial charge >= 0.3 is 6.55 Å². The molecule has 0 aromatic heterocycles. The van der Waals surface area contributed by atoms with Crippen LogP contribution in [0.1, 0.15) is 6.92 Å². The zero-order valence-corrected chi connectivity index (χ0v) is 10.3. The first-order valence-corrected chi connectivity index (χ1v) is 5.55. The van der Waals surface area contributed by atoms with Crippen LogP contribution in [0.5, 0.6) is 0 Å². The maximum atomic E-state index is 12.4. The van der Waals surface area contributed by atoms with Crippen LogP contribution < -0.4 is 10.6 Å². The molecule has 2 N–H and O–H groups in total. The van der Waals surface area contributed by atoms with Crippen molar-refractivity contribution in [1.82, 2.24) is 15.5 Å². The highest BCUT2D eigenvalue weighted by atomic mass is 19.3. The lowest BCUT2D eigenvalue weighted by atomic mass is 10.2. The Morgan fingerprint density at radius 2 is 2.16 bits per heavy atom. The van der Waals surface area contributed by atoms with Gasteiger partial charge in [-0.2, -0.15) is 8.78 Å². The van der Waals surface area contributed by atoms with E-state index in [0.717, 1.165) is 6.20 Å². The lowest BCUT2D eigenvalue weighted by Crippen LogP contribution is -2.48. The maximum absolute atomic E-state index is 12.4. The van der Waals surface area contributed by atoms with Gasteiger partial charge in [-0.3, -0.25) is 14.5 Å². The molecule has 8 heteroatoms. The minimum absolute atomic E-state index is 0.0307. The fraction of sp³-hybridized carbons (Fsp3) is 0.455. The smallest absolute Gasteiger partial charge is 0.320 e. The molecule has 1 aliphatic rings. The number of hydrogen-bond acceptors (Lipinski definition) is 4. The van der Waals surface area contributed by atoms with Crippen molar-refractivity contribution >= 4 is 12.8 Å². The first kappa shape index (κ1) is 15.1. The van der Waals surface area contributed by atoms with Gasteiger partial charge in [0.2, 0.25) is 12.8 Å². The van der Waals surface area contributed by atoms with Crippen molar-refractivity contribution in [2.24, 2.45) is 0 Å². The number of rotatable bonds is 8. The number of ether oxygens (including phenoxy) is 1. The van der Waals surface area contributed by atoms with E-state index in [1.807, 2.05) is 0 Å². The van der Waals surface area contributed by atoms with Gasteiger partial charge in [-0.1, -0.05) is 0 Å². The van der Waals surface area contributed by atoms with E-state index in [4.69, 9.17) is 4.74 Å². The van der Waals surface area contributed by atoms with Crippen molar-refractivity contribution in [3.8, 4) is 0 Å². The number of allylic oxidation sites excluding steroid dienone is 2. The quantitative estimate of drug-likeness (QED) is 0.286. The van der Waals surface area contributed by atoms with Crippen LogP contribution in [0.15, 0.2) is 23.7 Å². The Kier molecular flexibility index (Phi) is 5.94. The van der Waals surface area contributed by atoms with Crippen LogP contribution in [0.25, 0.3) is 0 Å². The fourth-order valence-corrected chi connectivity index (χ4v) is 1.34. The summed E-state index contributed by atoms with van der Waals surface area (Å²) < 4.78 is 30.2. The number of halogens is 2. The van der Waals surface area contributed by atoms with Crippen LogP contribution in [0.3, 0.4) is 0 Å². The molecule has 0 unspecified atom stereocenters. The minimum Gasteiger partial charge on any atom is -0.492 e. The number of carbonyl (C=O) groups is 2. The first-order chi connectivity index (χ1) is 9.06. The summed E-state index contributed by atoms with van der Waals surface area (Å²) in [6, 6.07) is 0. The van der Waals surface area contributed by atoms with Crippen LogP contribution in [0.2, 0.25) is 0 Å². The van der Waals surface area contributed by atoms with E-state index in [1.165, 1.54) is 6.08 Å². The molecular weight excluding hydrogens is 260 g/mol. The van der Waals surface area contributed by atoms with Crippen LogP contribution in [-0.4, -0.2) is 43.5 Å². The van der Waals surface area contributed by atoms with E-state index in [1.54, 1.807) is 6.92 Å². The molecule has 0 spiro atoms. The zero-order valence-electron chi connectivity index (χ0n) is 10.3. The van der Waals surface area contributed by atoms with Gasteiger partial charge in [-0.15, -0.1) is 0 Å². The van der Waals surface area contributed by atoms with Gasteiger partial charge in [0.1, 0.15) is 6.10 Å². The average Bonchev–Trinajstić information content (AvgIpc) is 2.30. The Hall–Kier alpha value is -1.96. The molecular formula is C11H15F2N3O3. The van der Waals surface area contributed by atoms with Gasteiger partial charge < -0.3 is 15.4 Å². The van der Waals surface area contributed by atoms with Crippen LogP contribution in [-0.2, 0) is 14.3 Å². The summed E-state index contributed by atoms with van der Waals surface area (Å²) in [5.74, 6) is 0.451. The molecule has 2 amide bonds. The summed E-state index contributed by atoms with van der Waals surface area (Å²) >= 11 is 0. The molecule has 19 heavy (non-hydrogen) atoms. The van der Waals surface area contributed by atoms with Crippen LogP contribution >= 0.6 is 0 Å². The topological polar surface area (TPSA) is 70.7 Å². The molecule has 1 fully saturated rings. The van der Waals surface area contributed by atoms with Gasteiger partial charge in [0.15, 0.2) is 0 Å². The normalized spacial score (nSPS) is 16.8. The molecule has 106 valence electrons. The Labute approximate surface area is 109 Å². The summed E-state index contributed by atoms with van der Waals surface area (Å²) in [4.78, 5) is 21.0. The number of carbonyl (C=O) groups excluding carboxylic acids is 2. The van der Waals surface area contributed by atoms with Crippen LogP contribution in [0.4, 0.5) is 8.78 Å². The largest absolute Gasteiger partial charge is 0.492 e. The highest BCUT2D eigenvalue weighted by Crippen LogP contribution is 2.10. The van der Waals surface area contributed by atoms with Gasteiger partial charge in [-0.25, -0.2) is 0 Å². The van der Waals surface area contributed by atoms with Crippen molar-refractivity contribution in [3.05, 3.63) is 23.7 Å². The predicted octanol–water partition coefficient (Wildman–Crippen LogP) is 0.147. The molecule has 0 bridgehead atoms. The molecule has 0 aromatic rings. The zero-order chi connectivity index (χ0) is 14.3. The molecule has 1 rings (SSSR count). The SMILES string of the molecule is C/C(=C\C(=C/N(C=O)C(F)F)NC=O)OC1CNC1. The molecule has 1 saturated heterocycles. The Balaban J connectivity index is 2.73. The minimum atomic E-state index is -2.98. The van der Waals surface area contributed by atoms with E-state index >= 15 is 0 Å². The van der Waals surface area contributed by atoms with E-state index in [2.05, 4.69) is 10.6 Å². The van der Waals surface area contributed by atoms with Crippen molar-refractivity contribution in [2.75, 3.05) is 13.1 Å². The summed E-state index contributed by atoms with van der Waals surface area (Å²) in [5.41, 5.74) is 0.0344. The number of nitrogens with one attached hydrogen (secondary N) is 2. The van der Waals surface area contributed by atoms with Crippen molar-refractivity contribution in [2.45, 2.75) is 19.6 Å². The Morgan fingerprint density at radius 1 is 1.47 bits per heavy atom. The van der Waals surface area contributed by atoms with Gasteiger partial charge in [-0.05, 0) is 6.92 Å². The van der Waals surface area contributed by atoms with E-state index in [-0.39, 0.29) is 23.1 Å². The Bertz CT molecular complexity index is 381. The monoisotopic (exact) mass is 275 g/mol. The van der Waals surface area contributed by atoms with Gasteiger partial charge in [0.05, 0.1) is 11.5 Å². The van der Waals surface area contributed by atoms with Gasteiger partial charge in [0, 0.05) is 25.4 Å². The lowest BCUT2D eigenvalue weighted by molar-refractivity contribution is -0.125. The van der Waals surface area contributed by atoms with E-state index in [0.29, 0.717) is 25.3 Å². The third-order valence-corrected chi connectivity index (χ3v) is 2.32. The molecule has 0 aliphatic carbocycles. The molecule has 0 aromatic carbocycles. The fourth-order valence-electron chi connectivity index (χ4n) is 1.34. The first-order valence-electron chi connectivity index (χ1n) is 5.55. The van der Waals surface area contributed by atoms with Crippen molar-refractivity contribution in [3.63, 3.8) is 0 Å². The number of hydrogen-bond donors (Lipinski definition) is 2. The maximum Gasteiger partial charge on any atom is 0.320 e. The second-order valence-corrected chi connectivity index (χ2v) is 3.83. The summed E-state index contributed by atoms with van der Waals surface area (Å²) in [7, 11) is 0. The molecule has 0 atom stereocenters. The third kappa shape index (κ3) is 5.04. The molecule has 0 radical (unpaired) electrons. The summed E-state index contributed by atoms with van der Waals surface area (Å²) in [6.07, 6.45) is 2.53. The second-order valence-electron chi connectivity index (χ2n) is 3.83. The number of nitrogens with zero attached hydrogens (tertiary/aromatic N) is 1. The Morgan fingerprint density at radius 3 is 2.58 bits per heavy atom. The highest BCUT2D eigenvalue weighted by molar-refractivity contribution is 5.54. The average molecular weight is 275 g/mol. The number of alkyl halides is 2. The van der Waals surface area contributed by atoms with E-state index in [9.17, 15) is 18.4 Å². The van der Waals surface area contributed by atoms with Gasteiger partial charge in [0.25, 0.3) is 0 Å². The number of amides is 2. The predicted molar refractivity (Wildman–Crippen MR) is 62.7 cm³/mol. The van der Waals surface area contributed by atoms with Crippen molar-refractivity contribution < 1.29 is 23.1 Å². The van der Waals surface area contributed by atoms with E-state index < -0.39 is 6.55 Å². The third-order valence-electron chi connectivity index (χ3n) is 2.32. The highest BCUT2D eigenvalue weighted by Gasteiger charge is 2.18. The summed E-state index contributed by atoms with van der Waals surface area (Å²) in [6.45, 7) is 0.0733. The molecule has 0 saturated carbocycles. The summed E-state index contributed by atoms with van der Waals surface area (Å²) in [5, 5.41) is 5.23. The second kappa shape index (κ2) is 7.47.